The predicted octanol–water partition coefficient (Wildman–Crippen LogP) is 4.59. The lowest BCUT2D eigenvalue weighted by atomic mass is 10.1. The van der Waals surface area contributed by atoms with Gasteiger partial charge in [-0.05, 0) is 42.0 Å². The second-order valence-corrected chi connectivity index (χ2v) is 5.10. The molecule has 2 rings (SSSR count). The molecule has 0 aromatic heterocycles. The smallest absolute Gasteiger partial charge is 0.0992 e. The van der Waals surface area contributed by atoms with Crippen molar-refractivity contribution in [2.75, 3.05) is 5.32 Å². The van der Waals surface area contributed by atoms with Crippen LogP contribution in [0.4, 0.5) is 5.69 Å². The van der Waals surface area contributed by atoms with E-state index >= 15 is 0 Å². The molecule has 0 heterocycles. The average Bonchev–Trinajstić information content (AvgIpc) is 2.39. The van der Waals surface area contributed by atoms with E-state index in [0.29, 0.717) is 17.1 Å². The highest BCUT2D eigenvalue weighted by atomic mass is 79.9. The Labute approximate surface area is 119 Å². The van der Waals surface area contributed by atoms with E-state index in [1.165, 1.54) is 0 Å². The third kappa shape index (κ3) is 3.25. The van der Waals surface area contributed by atoms with Gasteiger partial charge in [-0.15, -0.1) is 0 Å². The number of hydrogen-bond acceptors (Lipinski definition) is 2. The molecule has 0 unspecified atom stereocenters. The molecule has 18 heavy (non-hydrogen) atoms. The summed E-state index contributed by atoms with van der Waals surface area (Å²) >= 11 is 9.49. The highest BCUT2D eigenvalue weighted by Crippen LogP contribution is 2.20. The van der Waals surface area contributed by atoms with Crippen LogP contribution < -0.4 is 5.32 Å². The number of nitrogens with one attached hydrogen (secondary N) is 1. The zero-order chi connectivity index (χ0) is 13.0. The minimum Gasteiger partial charge on any atom is -0.381 e. The van der Waals surface area contributed by atoms with Crippen LogP contribution in [0.15, 0.2) is 46.9 Å². The maximum absolute atomic E-state index is 8.76. The Hall–Kier alpha value is -1.50. The first kappa shape index (κ1) is 12.9. The number of hydrogen-bond donors (Lipinski definition) is 1. The van der Waals surface area contributed by atoms with E-state index in [0.717, 1.165) is 15.7 Å². The first-order chi connectivity index (χ1) is 8.69. The summed E-state index contributed by atoms with van der Waals surface area (Å²) in [6.45, 7) is 0.631. The fourth-order valence-electron chi connectivity index (χ4n) is 1.53. The van der Waals surface area contributed by atoms with Gasteiger partial charge in [0.05, 0.1) is 11.6 Å². The predicted molar refractivity (Wildman–Crippen MR) is 77.6 cm³/mol. The normalized spacial score (nSPS) is 9.83. The number of halogens is 2. The van der Waals surface area contributed by atoms with Gasteiger partial charge < -0.3 is 5.32 Å². The van der Waals surface area contributed by atoms with Crippen LogP contribution in [0.3, 0.4) is 0 Å². The van der Waals surface area contributed by atoms with E-state index in [1.807, 2.05) is 30.3 Å². The lowest BCUT2D eigenvalue weighted by molar-refractivity contribution is 1.15. The molecule has 90 valence electrons. The first-order valence-corrected chi connectivity index (χ1v) is 6.54. The van der Waals surface area contributed by atoms with E-state index in [1.54, 1.807) is 12.1 Å². The molecular weight excluding hydrogens is 312 g/mol. The minimum absolute atomic E-state index is 0.576. The van der Waals surface area contributed by atoms with Gasteiger partial charge >= 0.3 is 0 Å². The monoisotopic (exact) mass is 320 g/mol. The van der Waals surface area contributed by atoms with Crippen LogP contribution in [0.25, 0.3) is 0 Å². The lowest BCUT2D eigenvalue weighted by Gasteiger charge is -2.08. The van der Waals surface area contributed by atoms with E-state index in [9.17, 15) is 0 Å². The summed E-state index contributed by atoms with van der Waals surface area (Å²) in [7, 11) is 0. The Morgan fingerprint density at radius 1 is 1.17 bits per heavy atom. The zero-order valence-corrected chi connectivity index (χ0v) is 11.8. The van der Waals surface area contributed by atoms with E-state index in [2.05, 4.69) is 27.3 Å². The molecule has 0 aliphatic rings. The van der Waals surface area contributed by atoms with Gasteiger partial charge in [0.1, 0.15) is 0 Å². The van der Waals surface area contributed by atoms with Gasteiger partial charge in [0.2, 0.25) is 0 Å². The molecule has 4 heteroatoms. The van der Waals surface area contributed by atoms with E-state index < -0.39 is 0 Å². The lowest BCUT2D eigenvalue weighted by Crippen LogP contribution is -2.00. The summed E-state index contributed by atoms with van der Waals surface area (Å²) in [6, 6.07) is 15.3. The van der Waals surface area contributed by atoms with Gasteiger partial charge in [-0.2, -0.15) is 5.26 Å². The van der Waals surface area contributed by atoms with Gasteiger partial charge in [-0.25, -0.2) is 0 Å². The maximum Gasteiger partial charge on any atom is 0.0992 e. The number of rotatable bonds is 3. The SMILES string of the molecule is N#Cc1ccc(CNc2ccc(Br)cc2)c(Cl)c1. The van der Waals surface area contributed by atoms with Crippen molar-refractivity contribution in [3.05, 3.63) is 63.1 Å². The molecule has 0 atom stereocenters. The highest BCUT2D eigenvalue weighted by molar-refractivity contribution is 9.10. The third-order valence-corrected chi connectivity index (χ3v) is 3.39. The van der Waals surface area contributed by atoms with Crippen LogP contribution in [-0.4, -0.2) is 0 Å². The molecule has 0 radical (unpaired) electrons. The topological polar surface area (TPSA) is 35.8 Å². The van der Waals surface area contributed by atoms with Crippen molar-refractivity contribution in [3.63, 3.8) is 0 Å². The molecule has 2 nitrogen and oxygen atoms in total. The van der Waals surface area contributed by atoms with Crippen molar-refractivity contribution >= 4 is 33.2 Å². The van der Waals surface area contributed by atoms with Crippen LogP contribution in [0.1, 0.15) is 11.1 Å². The Morgan fingerprint density at radius 2 is 1.89 bits per heavy atom. The average molecular weight is 322 g/mol. The van der Waals surface area contributed by atoms with Crippen molar-refractivity contribution in [3.8, 4) is 6.07 Å². The Morgan fingerprint density at radius 3 is 2.50 bits per heavy atom. The van der Waals surface area contributed by atoms with Crippen LogP contribution in [-0.2, 0) is 6.54 Å². The summed E-state index contributed by atoms with van der Waals surface area (Å²) < 4.78 is 1.05. The van der Waals surface area contributed by atoms with Gasteiger partial charge in [-0.3, -0.25) is 0 Å². The van der Waals surface area contributed by atoms with Crippen LogP contribution in [0.5, 0.6) is 0 Å². The second-order valence-electron chi connectivity index (χ2n) is 3.78. The first-order valence-electron chi connectivity index (χ1n) is 5.37. The largest absolute Gasteiger partial charge is 0.381 e. The van der Waals surface area contributed by atoms with Gasteiger partial charge in [0.25, 0.3) is 0 Å². The van der Waals surface area contributed by atoms with Crippen LogP contribution in [0, 0.1) is 11.3 Å². The third-order valence-electron chi connectivity index (χ3n) is 2.51. The molecule has 0 bridgehead atoms. The fourth-order valence-corrected chi connectivity index (χ4v) is 2.04. The van der Waals surface area contributed by atoms with Crippen molar-refractivity contribution in [1.82, 2.24) is 0 Å². The van der Waals surface area contributed by atoms with Gasteiger partial charge in [-0.1, -0.05) is 33.6 Å². The Balaban J connectivity index is 2.06. The number of nitriles is 1. The molecule has 0 fully saturated rings. The maximum atomic E-state index is 8.76. The molecule has 0 saturated heterocycles. The molecule has 0 aliphatic carbocycles. The van der Waals surface area contributed by atoms with E-state index in [-0.39, 0.29) is 0 Å². The molecular formula is C14H10BrClN2. The van der Waals surface area contributed by atoms with Gasteiger partial charge in [0.15, 0.2) is 0 Å². The summed E-state index contributed by atoms with van der Waals surface area (Å²) in [5.41, 5.74) is 2.57. The number of benzene rings is 2. The molecule has 0 spiro atoms. The zero-order valence-electron chi connectivity index (χ0n) is 9.45. The van der Waals surface area contributed by atoms with Crippen LogP contribution >= 0.6 is 27.5 Å². The van der Waals surface area contributed by atoms with Gasteiger partial charge in [0, 0.05) is 21.7 Å². The standard InChI is InChI=1S/C14H10BrClN2/c15-12-3-5-13(6-4-12)18-9-11-2-1-10(8-17)7-14(11)16/h1-7,18H,9H2. The summed E-state index contributed by atoms with van der Waals surface area (Å²) in [5.74, 6) is 0. The molecule has 0 aliphatic heterocycles. The van der Waals surface area contributed by atoms with Crippen molar-refractivity contribution < 1.29 is 0 Å². The van der Waals surface area contributed by atoms with Crippen molar-refractivity contribution in [2.24, 2.45) is 0 Å². The van der Waals surface area contributed by atoms with Crippen LogP contribution in [0.2, 0.25) is 5.02 Å². The Bertz CT molecular complexity index is 588. The van der Waals surface area contributed by atoms with Crippen molar-refractivity contribution in [1.29, 1.82) is 5.26 Å². The molecule has 1 N–H and O–H groups in total. The Kier molecular flexibility index (Phi) is 4.24. The quantitative estimate of drug-likeness (QED) is 0.897. The molecule has 2 aromatic rings. The molecule has 0 amide bonds. The number of anilines is 1. The highest BCUT2D eigenvalue weighted by Gasteiger charge is 2.01. The summed E-state index contributed by atoms with van der Waals surface area (Å²) in [5, 5.41) is 12.6. The molecule has 0 saturated carbocycles. The van der Waals surface area contributed by atoms with E-state index in [4.69, 9.17) is 16.9 Å². The fraction of sp³-hybridized carbons (Fsp3) is 0.0714. The second kappa shape index (κ2) is 5.90. The minimum atomic E-state index is 0.576. The van der Waals surface area contributed by atoms with Crippen molar-refractivity contribution in [2.45, 2.75) is 6.54 Å². The summed E-state index contributed by atoms with van der Waals surface area (Å²) in [4.78, 5) is 0. The number of nitrogens with zero attached hydrogens (tertiary/aromatic N) is 1. The molecule has 2 aromatic carbocycles. The summed E-state index contributed by atoms with van der Waals surface area (Å²) in [6.07, 6.45) is 0.